The Hall–Kier alpha value is -1.31. The highest BCUT2D eigenvalue weighted by atomic mass is 16.5. The van der Waals surface area contributed by atoms with Crippen molar-refractivity contribution < 1.29 is 10.0 Å². The van der Waals surface area contributed by atoms with Gasteiger partial charge in [0.25, 0.3) is 0 Å². The number of amides is 1. The van der Waals surface area contributed by atoms with Crippen LogP contribution in [0, 0.1) is 0 Å². The predicted molar refractivity (Wildman–Crippen MR) is 116 cm³/mol. The molecule has 0 unspecified atom stereocenters. The third-order valence-corrected chi connectivity index (χ3v) is 4.85. The van der Waals surface area contributed by atoms with E-state index in [0.29, 0.717) is 37.7 Å². The molecule has 0 aliphatic rings. The molecule has 0 heterocycles. The molecule has 0 aromatic heterocycles. The van der Waals surface area contributed by atoms with E-state index in [-0.39, 0.29) is 5.91 Å². The molecule has 0 saturated heterocycles. The first-order valence-electron chi connectivity index (χ1n) is 11.2. The first-order chi connectivity index (χ1) is 13.5. The molecule has 0 bridgehead atoms. The Bertz CT molecular complexity index is 394. The van der Waals surface area contributed by atoms with Gasteiger partial charge in [-0.1, -0.05) is 58.8 Å². The van der Waals surface area contributed by atoms with Gasteiger partial charge in [-0.15, -0.1) is 0 Å². The minimum Gasteiger partial charge on any atom is -0.401 e. The second-order valence-electron chi connectivity index (χ2n) is 7.67. The van der Waals surface area contributed by atoms with Crippen molar-refractivity contribution in [3.63, 3.8) is 0 Å². The Kier molecular flexibility index (Phi) is 18.1. The molecule has 0 aromatic carbocycles. The number of nitrogens with one attached hydrogen (secondary N) is 2. The summed E-state index contributed by atoms with van der Waals surface area (Å²) in [5.41, 5.74) is 8.49. The van der Waals surface area contributed by atoms with Crippen LogP contribution in [-0.2, 0) is 4.79 Å². The van der Waals surface area contributed by atoms with Crippen LogP contribution in [0.5, 0.6) is 0 Å². The molecule has 7 N–H and O–H groups in total. The minimum atomic E-state index is 0.184. The molecule has 0 atom stereocenters. The standard InChI is InChI=1S/C21H45N5O2/c1-3-5-8-12-20(13-9-6-4-2)25-21(27)14-10-7-11-17-26(23)18-19(22)15-16-24-28/h18,20,24,28H,3-17,22-23H2,1-2H3,(H,25,27)/b19-18-. The Morgan fingerprint density at radius 2 is 1.64 bits per heavy atom. The molecular formula is C21H45N5O2. The first kappa shape index (κ1) is 26.7. The van der Waals surface area contributed by atoms with Crippen molar-refractivity contribution in [2.45, 2.75) is 103 Å². The van der Waals surface area contributed by atoms with Gasteiger partial charge < -0.3 is 21.3 Å². The molecule has 0 aliphatic carbocycles. The van der Waals surface area contributed by atoms with Gasteiger partial charge in [-0.3, -0.25) is 4.79 Å². The summed E-state index contributed by atoms with van der Waals surface area (Å²) in [6.45, 7) is 5.53. The Balaban J connectivity index is 3.96. The predicted octanol–water partition coefficient (Wildman–Crippen LogP) is 3.54. The average molecular weight is 400 g/mol. The van der Waals surface area contributed by atoms with E-state index < -0.39 is 0 Å². The maximum atomic E-state index is 12.3. The summed E-state index contributed by atoms with van der Waals surface area (Å²) < 4.78 is 0. The lowest BCUT2D eigenvalue weighted by molar-refractivity contribution is -0.122. The zero-order valence-corrected chi connectivity index (χ0v) is 18.2. The van der Waals surface area contributed by atoms with Crippen LogP contribution in [0.3, 0.4) is 0 Å². The van der Waals surface area contributed by atoms with Crippen molar-refractivity contribution in [3.05, 3.63) is 11.9 Å². The van der Waals surface area contributed by atoms with Crippen molar-refractivity contribution in [2.75, 3.05) is 13.1 Å². The van der Waals surface area contributed by atoms with Gasteiger partial charge >= 0.3 is 0 Å². The summed E-state index contributed by atoms with van der Waals surface area (Å²) >= 11 is 0. The van der Waals surface area contributed by atoms with E-state index in [1.807, 2.05) is 0 Å². The highest BCUT2D eigenvalue weighted by molar-refractivity contribution is 5.76. The van der Waals surface area contributed by atoms with E-state index in [1.165, 1.54) is 38.5 Å². The van der Waals surface area contributed by atoms with Crippen LogP contribution in [0.2, 0.25) is 0 Å². The molecule has 0 aromatic rings. The third-order valence-electron chi connectivity index (χ3n) is 4.85. The van der Waals surface area contributed by atoms with Crippen molar-refractivity contribution in [2.24, 2.45) is 11.6 Å². The van der Waals surface area contributed by atoms with Crippen LogP contribution >= 0.6 is 0 Å². The van der Waals surface area contributed by atoms with Crippen molar-refractivity contribution in [1.82, 2.24) is 15.8 Å². The number of hydrogen-bond donors (Lipinski definition) is 5. The lowest BCUT2D eigenvalue weighted by Crippen LogP contribution is -2.34. The van der Waals surface area contributed by atoms with Crippen LogP contribution in [0.25, 0.3) is 0 Å². The van der Waals surface area contributed by atoms with Gasteiger partial charge in [-0.25, -0.2) is 11.3 Å². The van der Waals surface area contributed by atoms with Gasteiger partial charge in [0, 0.05) is 43.9 Å². The Morgan fingerprint density at radius 1 is 1.00 bits per heavy atom. The number of rotatable bonds is 19. The fraction of sp³-hybridized carbons (Fsp3) is 0.857. The van der Waals surface area contributed by atoms with E-state index in [0.717, 1.165) is 32.1 Å². The van der Waals surface area contributed by atoms with Crippen LogP contribution in [0.4, 0.5) is 0 Å². The van der Waals surface area contributed by atoms with Gasteiger partial charge in [0.1, 0.15) is 0 Å². The number of carbonyl (C=O) groups excluding carboxylic acids is 1. The maximum Gasteiger partial charge on any atom is 0.220 e. The van der Waals surface area contributed by atoms with Crippen molar-refractivity contribution >= 4 is 5.91 Å². The van der Waals surface area contributed by atoms with Gasteiger partial charge in [-0.05, 0) is 25.7 Å². The van der Waals surface area contributed by atoms with Crippen LogP contribution in [0.15, 0.2) is 11.9 Å². The SMILES string of the molecule is CCCCCC(CCCCC)NC(=O)CCCCCN(N)/C=C(\N)CCNO. The summed E-state index contributed by atoms with van der Waals surface area (Å²) in [6, 6.07) is 0.339. The summed E-state index contributed by atoms with van der Waals surface area (Å²) in [6.07, 6.45) is 15.1. The summed E-state index contributed by atoms with van der Waals surface area (Å²) in [5.74, 6) is 6.07. The van der Waals surface area contributed by atoms with E-state index in [9.17, 15) is 4.79 Å². The molecule has 166 valence electrons. The highest BCUT2D eigenvalue weighted by Crippen LogP contribution is 2.12. The molecule has 0 saturated carbocycles. The third kappa shape index (κ3) is 16.8. The lowest BCUT2D eigenvalue weighted by atomic mass is 10.0. The summed E-state index contributed by atoms with van der Waals surface area (Å²) in [7, 11) is 0. The van der Waals surface area contributed by atoms with Crippen LogP contribution in [0.1, 0.15) is 97.3 Å². The lowest BCUT2D eigenvalue weighted by Gasteiger charge is -2.19. The highest BCUT2D eigenvalue weighted by Gasteiger charge is 2.11. The number of nitrogens with two attached hydrogens (primary N) is 2. The zero-order valence-electron chi connectivity index (χ0n) is 18.2. The smallest absolute Gasteiger partial charge is 0.220 e. The molecule has 28 heavy (non-hydrogen) atoms. The van der Waals surface area contributed by atoms with Gasteiger partial charge in [0.05, 0.1) is 0 Å². The molecular weight excluding hydrogens is 354 g/mol. The fourth-order valence-electron chi connectivity index (χ4n) is 3.17. The number of nitrogens with zero attached hydrogens (tertiary/aromatic N) is 1. The van der Waals surface area contributed by atoms with E-state index >= 15 is 0 Å². The molecule has 0 spiro atoms. The van der Waals surface area contributed by atoms with Gasteiger partial charge in [0.2, 0.25) is 5.91 Å². The van der Waals surface area contributed by atoms with E-state index in [1.54, 1.807) is 11.2 Å². The van der Waals surface area contributed by atoms with Crippen LogP contribution in [-0.4, -0.2) is 35.3 Å². The molecule has 7 nitrogen and oxygen atoms in total. The Morgan fingerprint density at radius 3 is 2.21 bits per heavy atom. The second kappa shape index (κ2) is 19.0. The molecule has 0 radical (unpaired) electrons. The molecule has 1 amide bonds. The number of carbonyl (C=O) groups is 1. The summed E-state index contributed by atoms with van der Waals surface area (Å²) in [5, 5.41) is 13.4. The van der Waals surface area contributed by atoms with Gasteiger partial charge in [0.15, 0.2) is 0 Å². The molecule has 7 heteroatoms. The first-order valence-corrected chi connectivity index (χ1v) is 11.2. The quantitative estimate of drug-likeness (QED) is 0.129. The summed E-state index contributed by atoms with van der Waals surface area (Å²) in [4.78, 5) is 12.3. The molecule has 0 rings (SSSR count). The van der Waals surface area contributed by atoms with Crippen molar-refractivity contribution in [3.8, 4) is 0 Å². The monoisotopic (exact) mass is 399 g/mol. The molecule has 0 aliphatic heterocycles. The maximum absolute atomic E-state index is 12.3. The zero-order chi connectivity index (χ0) is 21.0. The van der Waals surface area contributed by atoms with Crippen LogP contribution < -0.4 is 22.4 Å². The minimum absolute atomic E-state index is 0.184. The number of hydrogen-bond acceptors (Lipinski definition) is 6. The topological polar surface area (TPSA) is 117 Å². The largest absolute Gasteiger partial charge is 0.401 e. The number of hydrazine groups is 1. The molecule has 0 fully saturated rings. The number of hydroxylamine groups is 1. The normalized spacial score (nSPS) is 11.8. The average Bonchev–Trinajstić information content (AvgIpc) is 2.66. The Labute approximate surface area is 172 Å². The van der Waals surface area contributed by atoms with E-state index in [2.05, 4.69) is 24.6 Å². The van der Waals surface area contributed by atoms with Crippen molar-refractivity contribution in [1.29, 1.82) is 0 Å². The number of unbranched alkanes of at least 4 members (excludes halogenated alkanes) is 6. The second-order valence-corrected chi connectivity index (χ2v) is 7.67. The van der Waals surface area contributed by atoms with E-state index in [4.69, 9.17) is 16.8 Å². The fourth-order valence-corrected chi connectivity index (χ4v) is 3.17. The van der Waals surface area contributed by atoms with Gasteiger partial charge in [-0.2, -0.15) is 0 Å².